The number of hydrogen-bond acceptors (Lipinski definition) is 3. The maximum absolute atomic E-state index is 12.8. The van der Waals surface area contributed by atoms with Crippen molar-refractivity contribution in [2.24, 2.45) is 0 Å². The van der Waals surface area contributed by atoms with Gasteiger partial charge in [-0.25, -0.2) is 9.18 Å². The molecule has 1 amide bonds. The van der Waals surface area contributed by atoms with E-state index < -0.39 is 5.97 Å². The molecule has 130 valence electrons. The average molecular weight is 341 g/mol. The number of amides is 1. The van der Waals surface area contributed by atoms with Crippen LogP contribution >= 0.6 is 0 Å². The second kappa shape index (κ2) is 9.37. The number of esters is 1. The monoisotopic (exact) mass is 341 g/mol. The van der Waals surface area contributed by atoms with Crippen LogP contribution in [-0.2, 0) is 14.3 Å². The smallest absolute Gasteiger partial charge is 0.331 e. The molecular weight excluding hydrogens is 321 g/mol. The summed E-state index contributed by atoms with van der Waals surface area (Å²) in [6.45, 7) is 2.13. The average Bonchev–Trinajstić information content (AvgIpc) is 2.64. The number of hydrogen-bond donors (Lipinski definition) is 1. The van der Waals surface area contributed by atoms with Crippen LogP contribution in [0.5, 0.6) is 0 Å². The third-order valence-corrected chi connectivity index (χ3v) is 3.60. The second-order valence-corrected chi connectivity index (χ2v) is 5.61. The summed E-state index contributed by atoms with van der Waals surface area (Å²) in [5.74, 6) is -1.16. The first-order valence-electron chi connectivity index (χ1n) is 7.96. The molecule has 0 saturated carbocycles. The summed E-state index contributed by atoms with van der Waals surface area (Å²) in [6.07, 6.45) is 2.70. The van der Waals surface area contributed by atoms with E-state index in [9.17, 15) is 14.0 Å². The molecule has 2 rings (SSSR count). The van der Waals surface area contributed by atoms with E-state index in [-0.39, 0.29) is 24.2 Å². The molecule has 0 unspecified atom stereocenters. The van der Waals surface area contributed by atoms with Crippen LogP contribution in [0, 0.1) is 5.82 Å². The van der Waals surface area contributed by atoms with Crippen molar-refractivity contribution < 1.29 is 18.7 Å². The Morgan fingerprint density at radius 1 is 1.12 bits per heavy atom. The van der Waals surface area contributed by atoms with Gasteiger partial charge in [-0.1, -0.05) is 49.4 Å². The van der Waals surface area contributed by atoms with Crippen molar-refractivity contribution in [1.82, 2.24) is 5.32 Å². The molecule has 2 aromatic rings. The van der Waals surface area contributed by atoms with Crippen LogP contribution in [0.4, 0.5) is 4.39 Å². The zero-order valence-electron chi connectivity index (χ0n) is 13.9. The summed E-state index contributed by atoms with van der Waals surface area (Å²) in [5.41, 5.74) is 1.79. The molecule has 1 atom stereocenters. The van der Waals surface area contributed by atoms with Crippen LogP contribution in [0.3, 0.4) is 0 Å². The van der Waals surface area contributed by atoms with Gasteiger partial charge >= 0.3 is 5.97 Å². The second-order valence-electron chi connectivity index (χ2n) is 5.61. The van der Waals surface area contributed by atoms with Gasteiger partial charge in [0.05, 0.1) is 0 Å². The third kappa shape index (κ3) is 6.59. The quantitative estimate of drug-likeness (QED) is 0.621. The predicted molar refractivity (Wildman–Crippen MR) is 94.3 cm³/mol. The lowest BCUT2D eigenvalue weighted by Crippen LogP contribution is -2.31. The number of rotatable bonds is 7. The van der Waals surface area contributed by atoms with Crippen LogP contribution in [0.25, 0.3) is 6.08 Å². The van der Waals surface area contributed by atoms with Crippen molar-refractivity contribution in [2.75, 3.05) is 13.2 Å². The third-order valence-electron chi connectivity index (χ3n) is 3.60. The maximum atomic E-state index is 12.8. The SMILES string of the molecule is C[C@@H](CNC(=O)COC(=O)/C=C/c1ccc(F)cc1)c1ccccc1. The molecule has 0 aliphatic rings. The van der Waals surface area contributed by atoms with Gasteiger partial charge in [0.25, 0.3) is 5.91 Å². The van der Waals surface area contributed by atoms with Crippen molar-refractivity contribution in [3.05, 3.63) is 77.6 Å². The van der Waals surface area contributed by atoms with Gasteiger partial charge in [-0.05, 0) is 35.3 Å². The first-order valence-corrected chi connectivity index (χ1v) is 7.96. The number of ether oxygens (including phenoxy) is 1. The van der Waals surface area contributed by atoms with Crippen LogP contribution in [0.1, 0.15) is 24.0 Å². The number of halogens is 1. The van der Waals surface area contributed by atoms with Gasteiger partial charge in [0.1, 0.15) is 5.82 Å². The van der Waals surface area contributed by atoms with Crippen molar-refractivity contribution in [3.63, 3.8) is 0 Å². The van der Waals surface area contributed by atoms with Gasteiger partial charge in [0.2, 0.25) is 0 Å². The molecule has 5 heteroatoms. The molecule has 0 aromatic heterocycles. The number of nitrogens with one attached hydrogen (secondary N) is 1. The molecule has 0 aliphatic heterocycles. The molecular formula is C20H20FNO3. The zero-order valence-corrected chi connectivity index (χ0v) is 13.9. The summed E-state index contributed by atoms with van der Waals surface area (Å²) in [5, 5.41) is 2.73. The fourth-order valence-corrected chi connectivity index (χ4v) is 2.14. The highest BCUT2D eigenvalue weighted by atomic mass is 19.1. The Hall–Kier alpha value is -2.95. The van der Waals surface area contributed by atoms with E-state index >= 15 is 0 Å². The topological polar surface area (TPSA) is 55.4 Å². The Morgan fingerprint density at radius 2 is 1.80 bits per heavy atom. The van der Waals surface area contributed by atoms with Crippen LogP contribution in [0.15, 0.2) is 60.7 Å². The lowest BCUT2D eigenvalue weighted by atomic mass is 10.0. The van der Waals surface area contributed by atoms with Gasteiger partial charge in [0, 0.05) is 12.6 Å². The molecule has 0 bridgehead atoms. The van der Waals surface area contributed by atoms with Gasteiger partial charge in [-0.2, -0.15) is 0 Å². The van der Waals surface area contributed by atoms with Gasteiger partial charge in [-0.15, -0.1) is 0 Å². The molecule has 0 saturated heterocycles. The van der Waals surface area contributed by atoms with Gasteiger partial charge < -0.3 is 10.1 Å². The molecule has 1 N–H and O–H groups in total. The first kappa shape index (κ1) is 18.4. The highest BCUT2D eigenvalue weighted by Crippen LogP contribution is 2.12. The van der Waals surface area contributed by atoms with E-state index in [0.29, 0.717) is 12.1 Å². The minimum atomic E-state index is -0.629. The molecule has 0 radical (unpaired) electrons. The van der Waals surface area contributed by atoms with Crippen molar-refractivity contribution >= 4 is 18.0 Å². The lowest BCUT2D eigenvalue weighted by Gasteiger charge is -2.12. The Morgan fingerprint density at radius 3 is 2.48 bits per heavy atom. The summed E-state index contributed by atoms with van der Waals surface area (Å²) >= 11 is 0. The first-order chi connectivity index (χ1) is 12.0. The Balaban J connectivity index is 1.70. The number of benzene rings is 2. The molecule has 0 spiro atoms. The maximum Gasteiger partial charge on any atom is 0.331 e. The number of carbonyl (C=O) groups is 2. The molecule has 0 fully saturated rings. The van der Waals surface area contributed by atoms with E-state index in [4.69, 9.17) is 4.74 Å². The van der Waals surface area contributed by atoms with Crippen molar-refractivity contribution in [1.29, 1.82) is 0 Å². The standard InChI is InChI=1S/C20H20FNO3/c1-15(17-5-3-2-4-6-17)13-22-19(23)14-25-20(24)12-9-16-7-10-18(21)11-8-16/h2-12,15H,13-14H2,1H3,(H,22,23)/b12-9+/t15-/m0/s1. The minimum absolute atomic E-state index is 0.166. The van der Waals surface area contributed by atoms with E-state index in [1.165, 1.54) is 36.4 Å². The fourth-order valence-electron chi connectivity index (χ4n) is 2.14. The molecule has 4 nitrogen and oxygen atoms in total. The molecule has 2 aromatic carbocycles. The highest BCUT2D eigenvalue weighted by Gasteiger charge is 2.09. The Bertz CT molecular complexity index is 726. The summed E-state index contributed by atoms with van der Waals surface area (Å²) < 4.78 is 17.6. The molecule has 25 heavy (non-hydrogen) atoms. The van der Waals surface area contributed by atoms with Crippen LogP contribution in [-0.4, -0.2) is 25.0 Å². The Labute approximate surface area is 146 Å². The van der Waals surface area contributed by atoms with Crippen molar-refractivity contribution in [2.45, 2.75) is 12.8 Å². The fraction of sp³-hybridized carbons (Fsp3) is 0.200. The summed E-state index contributed by atoms with van der Waals surface area (Å²) in [7, 11) is 0. The highest BCUT2D eigenvalue weighted by molar-refractivity contribution is 5.89. The summed E-state index contributed by atoms with van der Waals surface area (Å²) in [4.78, 5) is 23.3. The normalized spacial score (nSPS) is 11.9. The van der Waals surface area contributed by atoms with Crippen LogP contribution < -0.4 is 5.32 Å². The van der Waals surface area contributed by atoms with Gasteiger partial charge in [-0.3, -0.25) is 4.79 Å². The summed E-state index contributed by atoms with van der Waals surface area (Å²) in [6, 6.07) is 15.5. The van der Waals surface area contributed by atoms with E-state index in [0.717, 1.165) is 5.56 Å². The zero-order chi connectivity index (χ0) is 18.1. The molecule has 0 aliphatic carbocycles. The van der Waals surface area contributed by atoms with Gasteiger partial charge in [0.15, 0.2) is 6.61 Å². The number of carbonyl (C=O) groups excluding carboxylic acids is 2. The molecule has 0 heterocycles. The minimum Gasteiger partial charge on any atom is -0.452 e. The lowest BCUT2D eigenvalue weighted by molar-refractivity contribution is -0.143. The largest absolute Gasteiger partial charge is 0.452 e. The Kier molecular flexibility index (Phi) is 6.89. The van der Waals surface area contributed by atoms with Crippen molar-refractivity contribution in [3.8, 4) is 0 Å². The van der Waals surface area contributed by atoms with E-state index in [1.807, 2.05) is 37.3 Å². The van der Waals surface area contributed by atoms with E-state index in [1.54, 1.807) is 0 Å². The van der Waals surface area contributed by atoms with E-state index in [2.05, 4.69) is 5.32 Å². The predicted octanol–water partition coefficient (Wildman–Crippen LogP) is 3.30. The van der Waals surface area contributed by atoms with Crippen LogP contribution in [0.2, 0.25) is 0 Å².